The van der Waals surface area contributed by atoms with E-state index >= 15 is 0 Å². The standard InChI is InChI=1S/C12H23NO3/c1-10(4-5-12(14)15)6-7-13-11-3-2-8-16-9-11/h10-11,13H,2-9H2,1H3,(H,14,15). The van der Waals surface area contributed by atoms with Crippen molar-refractivity contribution in [1.29, 1.82) is 0 Å². The van der Waals surface area contributed by atoms with Crippen molar-refractivity contribution >= 4 is 5.97 Å². The largest absolute Gasteiger partial charge is 0.481 e. The summed E-state index contributed by atoms with van der Waals surface area (Å²) in [5.41, 5.74) is 0. The van der Waals surface area contributed by atoms with Crippen molar-refractivity contribution in [1.82, 2.24) is 5.32 Å². The van der Waals surface area contributed by atoms with Crippen LogP contribution in [-0.2, 0) is 9.53 Å². The van der Waals surface area contributed by atoms with E-state index in [-0.39, 0.29) is 6.42 Å². The molecular formula is C12H23NO3. The van der Waals surface area contributed by atoms with Gasteiger partial charge in [0, 0.05) is 19.1 Å². The second-order valence-electron chi connectivity index (χ2n) is 4.69. The maximum atomic E-state index is 10.4. The van der Waals surface area contributed by atoms with Crippen molar-refractivity contribution in [3.05, 3.63) is 0 Å². The molecule has 2 atom stereocenters. The van der Waals surface area contributed by atoms with Crippen molar-refractivity contribution in [2.45, 2.75) is 45.1 Å². The van der Waals surface area contributed by atoms with E-state index in [1.807, 2.05) is 0 Å². The van der Waals surface area contributed by atoms with Gasteiger partial charge in [0.1, 0.15) is 0 Å². The van der Waals surface area contributed by atoms with Gasteiger partial charge in [0.25, 0.3) is 0 Å². The van der Waals surface area contributed by atoms with Crippen LogP contribution in [0, 0.1) is 5.92 Å². The zero-order valence-electron chi connectivity index (χ0n) is 10.1. The van der Waals surface area contributed by atoms with Crippen LogP contribution >= 0.6 is 0 Å². The van der Waals surface area contributed by atoms with Crippen LogP contribution in [-0.4, -0.2) is 36.9 Å². The first-order valence-electron chi connectivity index (χ1n) is 6.21. The van der Waals surface area contributed by atoms with Crippen molar-refractivity contribution < 1.29 is 14.6 Å². The Morgan fingerprint density at radius 3 is 3.00 bits per heavy atom. The average molecular weight is 229 g/mol. The van der Waals surface area contributed by atoms with Gasteiger partial charge >= 0.3 is 5.97 Å². The van der Waals surface area contributed by atoms with E-state index in [9.17, 15) is 4.79 Å². The monoisotopic (exact) mass is 229 g/mol. The van der Waals surface area contributed by atoms with E-state index in [4.69, 9.17) is 9.84 Å². The lowest BCUT2D eigenvalue weighted by Crippen LogP contribution is -2.37. The summed E-state index contributed by atoms with van der Waals surface area (Å²) in [5.74, 6) is -0.214. The molecule has 1 heterocycles. The smallest absolute Gasteiger partial charge is 0.303 e. The van der Waals surface area contributed by atoms with E-state index in [2.05, 4.69) is 12.2 Å². The van der Waals surface area contributed by atoms with Crippen LogP contribution in [0.1, 0.15) is 39.0 Å². The topological polar surface area (TPSA) is 58.6 Å². The molecule has 2 N–H and O–H groups in total. The normalized spacial score (nSPS) is 22.9. The van der Waals surface area contributed by atoms with Crippen LogP contribution in [0.3, 0.4) is 0 Å². The molecule has 0 spiro atoms. The van der Waals surface area contributed by atoms with Gasteiger partial charge in [-0.25, -0.2) is 0 Å². The number of rotatable bonds is 7. The van der Waals surface area contributed by atoms with E-state index in [1.165, 1.54) is 6.42 Å². The van der Waals surface area contributed by atoms with Crippen LogP contribution in [0.2, 0.25) is 0 Å². The summed E-state index contributed by atoms with van der Waals surface area (Å²) >= 11 is 0. The molecule has 1 rings (SSSR count). The average Bonchev–Trinajstić information content (AvgIpc) is 2.28. The quantitative estimate of drug-likeness (QED) is 0.697. The van der Waals surface area contributed by atoms with Gasteiger partial charge in [0.05, 0.1) is 6.61 Å². The number of aliphatic carboxylic acids is 1. The Balaban J connectivity index is 1.98. The number of hydrogen-bond acceptors (Lipinski definition) is 3. The van der Waals surface area contributed by atoms with E-state index < -0.39 is 5.97 Å². The molecule has 4 nitrogen and oxygen atoms in total. The summed E-state index contributed by atoms with van der Waals surface area (Å²) in [4.78, 5) is 10.4. The van der Waals surface area contributed by atoms with E-state index in [0.717, 1.165) is 39.0 Å². The molecule has 4 heteroatoms. The number of carboxylic acid groups (broad SMARTS) is 1. The van der Waals surface area contributed by atoms with Gasteiger partial charge in [-0.15, -0.1) is 0 Å². The molecule has 0 aromatic rings. The Kier molecular flexibility index (Phi) is 6.42. The van der Waals surface area contributed by atoms with E-state index in [1.54, 1.807) is 0 Å². The first kappa shape index (κ1) is 13.5. The lowest BCUT2D eigenvalue weighted by atomic mass is 10.0. The Labute approximate surface area is 97.4 Å². The van der Waals surface area contributed by atoms with Gasteiger partial charge in [0.2, 0.25) is 0 Å². The molecule has 1 aliphatic heterocycles. The Morgan fingerprint density at radius 1 is 1.56 bits per heavy atom. The lowest BCUT2D eigenvalue weighted by Gasteiger charge is -2.23. The predicted octanol–water partition coefficient (Wildman–Crippen LogP) is 1.65. The lowest BCUT2D eigenvalue weighted by molar-refractivity contribution is -0.137. The van der Waals surface area contributed by atoms with Gasteiger partial charge < -0.3 is 15.2 Å². The summed E-state index contributed by atoms with van der Waals surface area (Å²) in [5, 5.41) is 12.0. The molecule has 2 unspecified atom stereocenters. The van der Waals surface area contributed by atoms with Crippen LogP contribution < -0.4 is 5.32 Å². The minimum Gasteiger partial charge on any atom is -0.481 e. The highest BCUT2D eigenvalue weighted by molar-refractivity contribution is 5.66. The molecule has 0 bridgehead atoms. The summed E-state index contributed by atoms with van der Waals surface area (Å²) in [6.07, 6.45) is 4.45. The van der Waals surface area contributed by atoms with E-state index in [0.29, 0.717) is 12.0 Å². The highest BCUT2D eigenvalue weighted by atomic mass is 16.5. The van der Waals surface area contributed by atoms with Crippen LogP contribution in [0.25, 0.3) is 0 Å². The fourth-order valence-electron chi connectivity index (χ4n) is 1.95. The molecule has 1 fully saturated rings. The van der Waals surface area contributed by atoms with Crippen molar-refractivity contribution in [2.75, 3.05) is 19.8 Å². The summed E-state index contributed by atoms with van der Waals surface area (Å²) in [6.45, 7) is 4.80. The zero-order valence-corrected chi connectivity index (χ0v) is 10.1. The Bertz CT molecular complexity index is 202. The highest BCUT2D eigenvalue weighted by Gasteiger charge is 2.13. The third-order valence-electron chi connectivity index (χ3n) is 3.08. The third-order valence-corrected chi connectivity index (χ3v) is 3.08. The molecule has 0 aromatic carbocycles. The summed E-state index contributed by atoms with van der Waals surface area (Å²) in [6, 6.07) is 0.500. The van der Waals surface area contributed by atoms with Crippen LogP contribution in [0.4, 0.5) is 0 Å². The van der Waals surface area contributed by atoms with Crippen molar-refractivity contribution in [2.24, 2.45) is 5.92 Å². The predicted molar refractivity (Wildman–Crippen MR) is 62.5 cm³/mol. The van der Waals surface area contributed by atoms with Crippen molar-refractivity contribution in [3.8, 4) is 0 Å². The molecule has 0 aromatic heterocycles. The Hall–Kier alpha value is -0.610. The molecule has 0 radical (unpaired) electrons. The minimum absolute atomic E-state index is 0.285. The van der Waals surface area contributed by atoms with Gasteiger partial charge in [-0.1, -0.05) is 6.92 Å². The first-order chi connectivity index (χ1) is 7.68. The highest BCUT2D eigenvalue weighted by Crippen LogP contribution is 2.10. The van der Waals surface area contributed by atoms with Gasteiger partial charge in [-0.05, 0) is 38.1 Å². The van der Waals surface area contributed by atoms with Gasteiger partial charge in [0.15, 0.2) is 0 Å². The second-order valence-corrected chi connectivity index (χ2v) is 4.69. The number of ether oxygens (including phenoxy) is 1. The molecule has 94 valence electrons. The maximum Gasteiger partial charge on any atom is 0.303 e. The SMILES string of the molecule is CC(CCNC1CCCOC1)CCC(=O)O. The van der Waals surface area contributed by atoms with Crippen molar-refractivity contribution in [3.63, 3.8) is 0 Å². The van der Waals surface area contributed by atoms with Crippen LogP contribution in [0.15, 0.2) is 0 Å². The minimum atomic E-state index is -0.694. The maximum absolute atomic E-state index is 10.4. The summed E-state index contributed by atoms with van der Waals surface area (Å²) < 4.78 is 5.38. The summed E-state index contributed by atoms with van der Waals surface area (Å²) in [7, 11) is 0. The molecule has 16 heavy (non-hydrogen) atoms. The first-order valence-corrected chi connectivity index (χ1v) is 6.21. The Morgan fingerprint density at radius 2 is 2.38 bits per heavy atom. The molecule has 0 saturated carbocycles. The zero-order chi connectivity index (χ0) is 11.8. The number of nitrogens with one attached hydrogen (secondary N) is 1. The fraction of sp³-hybridized carbons (Fsp3) is 0.917. The molecule has 0 amide bonds. The fourth-order valence-corrected chi connectivity index (χ4v) is 1.95. The third kappa shape index (κ3) is 6.08. The number of carbonyl (C=O) groups is 1. The molecule has 1 aliphatic rings. The van der Waals surface area contributed by atoms with Crippen LogP contribution in [0.5, 0.6) is 0 Å². The second kappa shape index (κ2) is 7.63. The molecule has 0 aliphatic carbocycles. The number of hydrogen-bond donors (Lipinski definition) is 2. The molecular weight excluding hydrogens is 206 g/mol. The van der Waals surface area contributed by atoms with Gasteiger partial charge in [-0.2, -0.15) is 0 Å². The molecule has 1 saturated heterocycles. The number of carboxylic acids is 1. The van der Waals surface area contributed by atoms with Gasteiger partial charge in [-0.3, -0.25) is 4.79 Å².